The van der Waals surface area contributed by atoms with Gasteiger partial charge in [-0.2, -0.15) is 0 Å². The van der Waals surface area contributed by atoms with Gasteiger partial charge in [0.2, 0.25) is 5.91 Å². The molecule has 0 unspecified atom stereocenters. The van der Waals surface area contributed by atoms with Gasteiger partial charge in [0.05, 0.1) is 5.95 Å². The molecule has 76 valence electrons. The van der Waals surface area contributed by atoms with Gasteiger partial charge in [0.25, 0.3) is 0 Å². The molecule has 0 saturated heterocycles. The molecule has 1 heterocycles. The third-order valence-corrected chi connectivity index (χ3v) is 1.74. The topological polar surface area (TPSA) is 70.1 Å². The summed E-state index contributed by atoms with van der Waals surface area (Å²) in [6, 6.07) is 8.72. The zero-order valence-electron chi connectivity index (χ0n) is 9.04. The first kappa shape index (κ1) is 13.5. The Labute approximate surface area is 135 Å². The second-order valence-corrected chi connectivity index (χ2v) is 2.90. The van der Waals surface area contributed by atoms with Gasteiger partial charge in [-0.25, -0.2) is 5.16 Å². The Morgan fingerprint density at radius 3 is 2.56 bits per heavy atom. The summed E-state index contributed by atoms with van der Waals surface area (Å²) in [6.07, 6.45) is 0. The molecule has 2 rings (SSSR count). The normalized spacial score (nSPS) is 9.31. The van der Waals surface area contributed by atoms with Crippen molar-refractivity contribution in [1.82, 2.24) is 10.1 Å². The van der Waals surface area contributed by atoms with Gasteiger partial charge in [-0.3, -0.25) is 4.79 Å². The van der Waals surface area contributed by atoms with Gasteiger partial charge in [-0.05, 0) is 6.92 Å². The summed E-state index contributed by atoms with van der Waals surface area (Å²) in [7, 11) is 0. The molecular weight excluding hydrogens is 233 g/mol. The zero-order chi connectivity index (χ0) is 10.7. The second kappa shape index (κ2) is 6.26. The largest absolute Gasteiger partial charge is 1.00 e. The van der Waals surface area contributed by atoms with Crippen LogP contribution in [0.25, 0.3) is 5.32 Å². The van der Waals surface area contributed by atoms with Gasteiger partial charge in [-0.15, -0.1) is 0 Å². The minimum absolute atomic E-state index is 0. The Hall–Kier alpha value is -0.534. The fourth-order valence-corrected chi connectivity index (χ4v) is 1.07. The maximum atomic E-state index is 11.5. The summed E-state index contributed by atoms with van der Waals surface area (Å²) in [5.41, 5.74) is 0.500. The van der Waals surface area contributed by atoms with Crippen molar-refractivity contribution in [3.05, 3.63) is 47.1 Å². The summed E-state index contributed by atoms with van der Waals surface area (Å²) in [6.45, 7) is 1.64. The van der Waals surface area contributed by atoms with Crippen molar-refractivity contribution in [2.75, 3.05) is 0 Å². The maximum absolute atomic E-state index is 11.5. The van der Waals surface area contributed by atoms with Gasteiger partial charge < -0.3 is 14.8 Å². The van der Waals surface area contributed by atoms with E-state index in [1.807, 2.05) is 6.07 Å². The Morgan fingerprint density at radius 2 is 2.00 bits per heavy atom. The minimum Gasteiger partial charge on any atom is -0.423 e. The predicted octanol–water partition coefficient (Wildman–Crippen LogP) is -0.772. The molecule has 0 aliphatic heterocycles. The molecule has 1 amide bonds. The molecule has 1 aromatic carbocycles. The Bertz CT molecular complexity index is 470. The number of hydrogen-bond acceptors (Lipinski definition) is 4. The molecular formula is C10H8KN3O2. The van der Waals surface area contributed by atoms with Crippen LogP contribution in [0, 0.1) is 6.92 Å². The van der Waals surface area contributed by atoms with Crippen molar-refractivity contribution in [1.29, 1.82) is 0 Å². The molecule has 16 heavy (non-hydrogen) atoms. The monoisotopic (exact) mass is 241 g/mol. The third-order valence-electron chi connectivity index (χ3n) is 1.74. The van der Waals surface area contributed by atoms with Crippen LogP contribution in [0.15, 0.2) is 34.9 Å². The number of carbonyl (C=O) groups excluding carboxylic acids is 1. The van der Waals surface area contributed by atoms with E-state index in [4.69, 9.17) is 4.52 Å². The average Bonchev–Trinajstić information content (AvgIpc) is 2.65. The Morgan fingerprint density at radius 1 is 1.31 bits per heavy atom. The standard InChI is InChI=1S/C10H9N3O2.K/c1-7-11-10(13-15-7)12-9(14)8-5-3-2-4-6-8;/h2-6H,1H3,(H,12,13,14);/q;+1/p-1. The minimum atomic E-state index is -0.378. The number of aryl methyl sites for hydroxylation is 1. The number of hydrogen-bond donors (Lipinski definition) is 0. The summed E-state index contributed by atoms with van der Waals surface area (Å²) >= 11 is 0. The molecule has 0 spiro atoms. The Kier molecular flexibility index (Phi) is 5.30. The smallest absolute Gasteiger partial charge is 0.423 e. The van der Waals surface area contributed by atoms with E-state index in [9.17, 15) is 4.79 Å². The number of aromatic nitrogens is 2. The van der Waals surface area contributed by atoms with Crippen molar-refractivity contribution in [2.24, 2.45) is 0 Å². The summed E-state index contributed by atoms with van der Waals surface area (Å²) < 4.78 is 4.69. The van der Waals surface area contributed by atoms with Crippen LogP contribution in [-0.2, 0) is 0 Å². The van der Waals surface area contributed by atoms with Crippen molar-refractivity contribution in [2.45, 2.75) is 6.92 Å². The van der Waals surface area contributed by atoms with Gasteiger partial charge in [0.15, 0.2) is 0 Å². The van der Waals surface area contributed by atoms with Crippen LogP contribution < -0.4 is 51.4 Å². The molecule has 0 fully saturated rings. The van der Waals surface area contributed by atoms with Crippen molar-refractivity contribution in [3.8, 4) is 0 Å². The van der Waals surface area contributed by atoms with Crippen LogP contribution >= 0.6 is 0 Å². The van der Waals surface area contributed by atoms with Gasteiger partial charge in [0.1, 0.15) is 5.89 Å². The summed E-state index contributed by atoms with van der Waals surface area (Å²) in [4.78, 5) is 15.3. The number of nitrogens with zero attached hydrogens (tertiary/aromatic N) is 3. The summed E-state index contributed by atoms with van der Waals surface area (Å²) in [5.74, 6) is 0.0624. The first-order chi connectivity index (χ1) is 7.25. The molecule has 2 aromatic rings. The predicted molar refractivity (Wildman–Crippen MR) is 52.8 cm³/mol. The molecule has 0 saturated carbocycles. The maximum Gasteiger partial charge on any atom is 1.00 e. The summed E-state index contributed by atoms with van der Waals surface area (Å²) in [5, 5.41) is 7.20. The quantitative estimate of drug-likeness (QED) is 0.647. The van der Waals surface area contributed by atoms with E-state index in [0.717, 1.165) is 0 Å². The van der Waals surface area contributed by atoms with E-state index >= 15 is 0 Å². The molecule has 6 heteroatoms. The van der Waals surface area contributed by atoms with E-state index in [2.05, 4.69) is 15.5 Å². The number of benzene rings is 1. The van der Waals surface area contributed by atoms with E-state index in [1.54, 1.807) is 31.2 Å². The SMILES string of the molecule is Cc1nc([N-]C(=O)c2ccccc2)no1.[K+]. The van der Waals surface area contributed by atoms with Gasteiger partial charge >= 0.3 is 51.4 Å². The van der Waals surface area contributed by atoms with Crippen LogP contribution in [0.3, 0.4) is 0 Å². The van der Waals surface area contributed by atoms with E-state index in [0.29, 0.717) is 11.5 Å². The van der Waals surface area contributed by atoms with Gasteiger partial charge in [0, 0.05) is 5.56 Å². The van der Waals surface area contributed by atoms with E-state index < -0.39 is 0 Å². The van der Waals surface area contributed by atoms with Crippen molar-refractivity contribution >= 4 is 11.9 Å². The van der Waals surface area contributed by atoms with Gasteiger partial charge in [-0.1, -0.05) is 30.3 Å². The molecule has 0 aliphatic rings. The number of carbonyl (C=O) groups is 1. The Balaban J connectivity index is 0.00000128. The van der Waals surface area contributed by atoms with Crippen molar-refractivity contribution in [3.63, 3.8) is 0 Å². The number of amides is 1. The third kappa shape index (κ3) is 3.50. The van der Waals surface area contributed by atoms with Crippen LogP contribution in [-0.4, -0.2) is 16.0 Å². The molecule has 5 nitrogen and oxygen atoms in total. The van der Waals surface area contributed by atoms with E-state index in [1.165, 1.54) is 0 Å². The molecule has 0 aliphatic carbocycles. The van der Waals surface area contributed by atoms with Crippen molar-refractivity contribution < 1.29 is 60.7 Å². The van der Waals surface area contributed by atoms with Crippen LogP contribution in [0.2, 0.25) is 0 Å². The van der Waals surface area contributed by atoms with Crippen LogP contribution in [0.4, 0.5) is 5.95 Å². The second-order valence-electron chi connectivity index (χ2n) is 2.90. The molecule has 1 aromatic heterocycles. The first-order valence-electron chi connectivity index (χ1n) is 4.37. The molecule has 0 radical (unpaired) electrons. The zero-order valence-corrected chi connectivity index (χ0v) is 12.2. The molecule has 0 atom stereocenters. The average molecular weight is 241 g/mol. The van der Waals surface area contributed by atoms with Crippen LogP contribution in [0.5, 0.6) is 0 Å². The molecule has 0 bridgehead atoms. The van der Waals surface area contributed by atoms with E-state index in [-0.39, 0.29) is 63.2 Å². The fraction of sp³-hybridized carbons (Fsp3) is 0.100. The fourth-order valence-electron chi connectivity index (χ4n) is 1.07. The van der Waals surface area contributed by atoms with Crippen LogP contribution in [0.1, 0.15) is 16.2 Å². The first-order valence-corrected chi connectivity index (χ1v) is 4.37. The molecule has 0 N–H and O–H groups in total. The number of rotatable bonds is 2.